The molecular weight excluding hydrogens is 424 g/mol. The predicted molar refractivity (Wildman–Crippen MR) is 154 cm³/mol. The smallest absolute Gasteiger partial charge is 0.159 e. The van der Waals surface area contributed by atoms with Crippen LogP contribution < -0.4 is 0 Å². The van der Waals surface area contributed by atoms with Gasteiger partial charge in [0.2, 0.25) is 0 Å². The van der Waals surface area contributed by atoms with Crippen molar-refractivity contribution in [2.75, 3.05) is 0 Å². The molecule has 0 aliphatic carbocycles. The Hall–Kier alpha value is -1.70. The van der Waals surface area contributed by atoms with E-state index in [2.05, 4.69) is 55.0 Å². The average molecular weight is 479 g/mol. The Morgan fingerprint density at radius 1 is 0.571 bits per heavy atom. The summed E-state index contributed by atoms with van der Waals surface area (Å²) in [5.74, 6) is 1.75. The second-order valence-electron chi connectivity index (χ2n) is 10.9. The monoisotopic (exact) mass is 478 g/mol. The van der Waals surface area contributed by atoms with Gasteiger partial charge in [-0.25, -0.2) is 9.97 Å². The first-order valence-electron chi connectivity index (χ1n) is 15.1. The summed E-state index contributed by atoms with van der Waals surface area (Å²) in [6.07, 6.45) is 29.7. The van der Waals surface area contributed by atoms with Gasteiger partial charge in [-0.15, -0.1) is 0 Å². The van der Waals surface area contributed by atoms with Gasteiger partial charge in [0.15, 0.2) is 5.82 Å². The Balaban J connectivity index is 1.56. The van der Waals surface area contributed by atoms with E-state index < -0.39 is 0 Å². The third kappa shape index (κ3) is 13.8. The third-order valence-electron chi connectivity index (χ3n) is 7.60. The Morgan fingerprint density at radius 3 is 1.60 bits per heavy atom. The summed E-state index contributed by atoms with van der Waals surface area (Å²) in [4.78, 5) is 9.30. The molecule has 2 aromatic rings. The number of unbranched alkanes of at least 4 members (excludes halogenated alkanes) is 13. The van der Waals surface area contributed by atoms with E-state index in [1.807, 2.05) is 12.4 Å². The summed E-state index contributed by atoms with van der Waals surface area (Å²) >= 11 is 0. The lowest BCUT2D eigenvalue weighted by molar-refractivity contribution is 0.472. The van der Waals surface area contributed by atoms with Crippen LogP contribution in [0.25, 0.3) is 11.4 Å². The molecule has 2 nitrogen and oxygen atoms in total. The molecule has 0 fully saturated rings. The number of aryl methyl sites for hydroxylation is 2. The van der Waals surface area contributed by atoms with Crippen LogP contribution in [0.4, 0.5) is 0 Å². The first kappa shape index (κ1) is 29.5. The molecule has 0 bridgehead atoms. The fourth-order valence-electron chi connectivity index (χ4n) is 4.83. The van der Waals surface area contributed by atoms with Crippen molar-refractivity contribution in [2.24, 2.45) is 5.92 Å². The van der Waals surface area contributed by atoms with Gasteiger partial charge in [0.05, 0.1) is 0 Å². The molecule has 0 aliphatic heterocycles. The van der Waals surface area contributed by atoms with Crippen molar-refractivity contribution >= 4 is 0 Å². The molecule has 35 heavy (non-hydrogen) atoms. The molecular formula is C33H54N2. The van der Waals surface area contributed by atoms with Crippen molar-refractivity contribution in [2.45, 2.75) is 143 Å². The molecule has 1 aromatic carbocycles. The van der Waals surface area contributed by atoms with Crippen LogP contribution in [0.5, 0.6) is 0 Å². The predicted octanol–water partition coefficient (Wildman–Crippen LogP) is 10.5. The largest absolute Gasteiger partial charge is 0.236 e. The summed E-state index contributed by atoms with van der Waals surface area (Å²) in [7, 11) is 0. The molecule has 2 rings (SSSR count). The molecule has 1 atom stereocenters. The number of benzene rings is 1. The second-order valence-corrected chi connectivity index (χ2v) is 10.9. The molecule has 2 heteroatoms. The molecule has 196 valence electrons. The molecule has 0 N–H and O–H groups in total. The minimum atomic E-state index is 0.851. The standard InChI is InChI=1S/C33H54N2/c1-4-6-7-8-9-10-11-12-15-18-21-30-23-25-32(26-24-30)33-34-27-31(28-35-33)22-19-16-13-14-17-20-29(3)5-2/h23-29H,4-22H2,1-3H3. The quantitative estimate of drug-likeness (QED) is 0.167. The van der Waals surface area contributed by atoms with Crippen LogP contribution in [0.15, 0.2) is 36.7 Å². The molecule has 0 radical (unpaired) electrons. The van der Waals surface area contributed by atoms with E-state index in [1.165, 1.54) is 127 Å². The van der Waals surface area contributed by atoms with E-state index in [9.17, 15) is 0 Å². The molecule has 1 heterocycles. The SMILES string of the molecule is CCCCCCCCCCCCc1ccc(-c2ncc(CCCCCCCC(C)CC)cn2)cc1. The highest BCUT2D eigenvalue weighted by Gasteiger charge is 2.03. The van der Waals surface area contributed by atoms with Crippen LogP contribution in [0.3, 0.4) is 0 Å². The summed E-state index contributed by atoms with van der Waals surface area (Å²) < 4.78 is 0. The van der Waals surface area contributed by atoms with Crippen LogP contribution in [-0.4, -0.2) is 9.97 Å². The minimum Gasteiger partial charge on any atom is -0.236 e. The summed E-state index contributed by atoms with van der Waals surface area (Å²) in [5, 5.41) is 0. The summed E-state index contributed by atoms with van der Waals surface area (Å²) in [6, 6.07) is 8.92. The zero-order chi connectivity index (χ0) is 25.0. The Morgan fingerprint density at radius 2 is 1.06 bits per heavy atom. The van der Waals surface area contributed by atoms with Crippen LogP contribution in [0.1, 0.15) is 141 Å². The van der Waals surface area contributed by atoms with E-state index in [1.54, 1.807) is 0 Å². The zero-order valence-electron chi connectivity index (χ0n) is 23.4. The highest BCUT2D eigenvalue weighted by Crippen LogP contribution is 2.19. The van der Waals surface area contributed by atoms with Crippen molar-refractivity contribution in [3.8, 4) is 11.4 Å². The lowest BCUT2D eigenvalue weighted by Gasteiger charge is -2.07. The average Bonchev–Trinajstić information content (AvgIpc) is 2.89. The van der Waals surface area contributed by atoms with E-state index >= 15 is 0 Å². The molecule has 0 aliphatic rings. The maximum absolute atomic E-state index is 4.65. The maximum Gasteiger partial charge on any atom is 0.159 e. The Bertz CT molecular complexity index is 735. The van der Waals surface area contributed by atoms with Crippen molar-refractivity contribution < 1.29 is 0 Å². The maximum atomic E-state index is 4.65. The fourth-order valence-corrected chi connectivity index (χ4v) is 4.83. The van der Waals surface area contributed by atoms with Gasteiger partial charge in [0, 0.05) is 18.0 Å². The van der Waals surface area contributed by atoms with E-state index in [-0.39, 0.29) is 0 Å². The van der Waals surface area contributed by atoms with Crippen molar-refractivity contribution in [3.63, 3.8) is 0 Å². The lowest BCUT2D eigenvalue weighted by atomic mass is 9.99. The van der Waals surface area contributed by atoms with Gasteiger partial charge in [-0.05, 0) is 42.7 Å². The van der Waals surface area contributed by atoms with Crippen LogP contribution in [-0.2, 0) is 12.8 Å². The summed E-state index contributed by atoms with van der Waals surface area (Å²) in [5.41, 5.74) is 3.84. The summed E-state index contributed by atoms with van der Waals surface area (Å²) in [6.45, 7) is 6.96. The van der Waals surface area contributed by atoms with Crippen LogP contribution in [0, 0.1) is 5.92 Å². The highest BCUT2D eigenvalue weighted by atomic mass is 14.9. The number of rotatable bonds is 21. The first-order chi connectivity index (χ1) is 17.2. The molecule has 1 aromatic heterocycles. The number of aromatic nitrogens is 2. The van der Waals surface area contributed by atoms with Gasteiger partial charge in [-0.1, -0.05) is 141 Å². The fraction of sp³-hybridized carbons (Fsp3) is 0.697. The number of nitrogens with zero attached hydrogens (tertiary/aromatic N) is 2. The zero-order valence-corrected chi connectivity index (χ0v) is 23.4. The van der Waals surface area contributed by atoms with E-state index in [4.69, 9.17) is 0 Å². The van der Waals surface area contributed by atoms with Gasteiger partial charge in [0.1, 0.15) is 0 Å². The normalized spacial score (nSPS) is 12.2. The third-order valence-corrected chi connectivity index (χ3v) is 7.60. The van der Waals surface area contributed by atoms with Crippen LogP contribution in [0.2, 0.25) is 0 Å². The van der Waals surface area contributed by atoms with Crippen molar-refractivity contribution in [3.05, 3.63) is 47.8 Å². The topological polar surface area (TPSA) is 25.8 Å². The van der Waals surface area contributed by atoms with Crippen molar-refractivity contribution in [1.29, 1.82) is 0 Å². The van der Waals surface area contributed by atoms with Gasteiger partial charge in [-0.2, -0.15) is 0 Å². The van der Waals surface area contributed by atoms with Gasteiger partial charge in [0.25, 0.3) is 0 Å². The Kier molecular flexibility index (Phi) is 16.4. The van der Waals surface area contributed by atoms with E-state index in [0.717, 1.165) is 23.7 Å². The second kappa shape index (κ2) is 19.5. The van der Waals surface area contributed by atoms with Crippen LogP contribution >= 0.6 is 0 Å². The minimum absolute atomic E-state index is 0.851. The van der Waals surface area contributed by atoms with Crippen molar-refractivity contribution in [1.82, 2.24) is 9.97 Å². The molecule has 0 spiro atoms. The lowest BCUT2D eigenvalue weighted by Crippen LogP contribution is -1.94. The first-order valence-corrected chi connectivity index (χ1v) is 15.1. The van der Waals surface area contributed by atoms with Gasteiger partial charge >= 0.3 is 0 Å². The highest BCUT2D eigenvalue weighted by molar-refractivity contribution is 5.55. The number of hydrogen-bond donors (Lipinski definition) is 0. The molecule has 1 unspecified atom stereocenters. The molecule has 0 saturated carbocycles. The van der Waals surface area contributed by atoms with Gasteiger partial charge in [-0.3, -0.25) is 0 Å². The molecule has 0 saturated heterocycles. The number of hydrogen-bond acceptors (Lipinski definition) is 2. The van der Waals surface area contributed by atoms with Gasteiger partial charge < -0.3 is 0 Å². The van der Waals surface area contributed by atoms with E-state index in [0.29, 0.717) is 0 Å². The Labute approximate surface area is 217 Å². The molecule has 0 amide bonds.